The number of carbonyl (C=O) groups is 1. The Bertz CT molecular complexity index is 486. The third-order valence-electron chi connectivity index (χ3n) is 3.83. The summed E-state index contributed by atoms with van der Waals surface area (Å²) in [6.07, 6.45) is 3.27. The van der Waals surface area contributed by atoms with Crippen LogP contribution in [0.3, 0.4) is 0 Å². The first kappa shape index (κ1) is 15.5. The van der Waals surface area contributed by atoms with E-state index in [9.17, 15) is 4.79 Å². The van der Waals surface area contributed by atoms with Gasteiger partial charge in [0.25, 0.3) is 5.91 Å². The number of nitrogens with two attached hydrogens (primary N) is 1. The lowest BCUT2D eigenvalue weighted by atomic mass is 9.80. The van der Waals surface area contributed by atoms with E-state index in [1.54, 1.807) is 12.1 Å². The lowest BCUT2D eigenvalue weighted by molar-refractivity contribution is 0.0911. The Hall–Kier alpha value is -0.930. The Morgan fingerprint density at radius 2 is 1.80 bits per heavy atom. The van der Waals surface area contributed by atoms with Crippen molar-refractivity contribution in [2.24, 2.45) is 11.8 Å². The average molecular weight is 315 g/mol. The first-order valence-electron chi connectivity index (χ1n) is 6.92. The molecule has 0 aliphatic heterocycles. The van der Waals surface area contributed by atoms with Crippen molar-refractivity contribution in [2.75, 3.05) is 5.73 Å². The molecule has 1 amide bonds. The number of hydrogen-bond acceptors (Lipinski definition) is 2. The third kappa shape index (κ3) is 3.58. The molecule has 0 aromatic heterocycles. The van der Waals surface area contributed by atoms with Gasteiger partial charge >= 0.3 is 0 Å². The summed E-state index contributed by atoms with van der Waals surface area (Å²) >= 11 is 11.9. The lowest BCUT2D eigenvalue weighted by Gasteiger charge is -2.32. The topological polar surface area (TPSA) is 55.1 Å². The smallest absolute Gasteiger partial charge is 0.251 e. The molecule has 20 heavy (non-hydrogen) atoms. The van der Waals surface area contributed by atoms with Gasteiger partial charge in [-0.2, -0.15) is 0 Å². The number of carbonyl (C=O) groups excluding carboxylic acids is 1. The van der Waals surface area contributed by atoms with Crippen molar-refractivity contribution >= 4 is 34.8 Å². The minimum atomic E-state index is -0.137. The van der Waals surface area contributed by atoms with E-state index in [2.05, 4.69) is 19.2 Å². The maximum absolute atomic E-state index is 12.3. The van der Waals surface area contributed by atoms with Crippen LogP contribution in [0.1, 0.15) is 43.5 Å². The zero-order valence-electron chi connectivity index (χ0n) is 11.7. The van der Waals surface area contributed by atoms with Crippen molar-refractivity contribution in [3.05, 3.63) is 27.7 Å². The summed E-state index contributed by atoms with van der Waals surface area (Å²) < 4.78 is 0. The van der Waals surface area contributed by atoms with Crippen LogP contribution < -0.4 is 11.1 Å². The van der Waals surface area contributed by atoms with Gasteiger partial charge in [-0.15, -0.1) is 0 Å². The molecule has 1 fully saturated rings. The summed E-state index contributed by atoms with van der Waals surface area (Å²) in [6.45, 7) is 4.46. The maximum Gasteiger partial charge on any atom is 0.251 e. The Morgan fingerprint density at radius 1 is 1.20 bits per heavy atom. The van der Waals surface area contributed by atoms with Crippen LogP contribution in [0.2, 0.25) is 10.0 Å². The largest absolute Gasteiger partial charge is 0.397 e. The molecule has 0 saturated heterocycles. The molecule has 0 spiro atoms. The number of nitrogens with one attached hydrogen (secondary N) is 1. The van der Waals surface area contributed by atoms with Crippen molar-refractivity contribution in [1.29, 1.82) is 0 Å². The molecule has 1 aromatic carbocycles. The van der Waals surface area contributed by atoms with Gasteiger partial charge in [0.2, 0.25) is 0 Å². The lowest BCUT2D eigenvalue weighted by Crippen LogP contribution is -2.40. The number of rotatable bonds is 2. The second kappa shape index (κ2) is 6.23. The fraction of sp³-hybridized carbons (Fsp3) is 0.533. The van der Waals surface area contributed by atoms with E-state index in [1.165, 1.54) is 6.42 Å². The van der Waals surface area contributed by atoms with E-state index in [0.717, 1.165) is 12.8 Å². The minimum Gasteiger partial charge on any atom is -0.397 e. The van der Waals surface area contributed by atoms with E-state index in [-0.39, 0.29) is 11.9 Å². The van der Waals surface area contributed by atoms with Crippen LogP contribution in [-0.4, -0.2) is 11.9 Å². The van der Waals surface area contributed by atoms with E-state index in [4.69, 9.17) is 28.9 Å². The Balaban J connectivity index is 2.08. The molecule has 1 saturated carbocycles. The van der Waals surface area contributed by atoms with Gasteiger partial charge in [0, 0.05) is 11.6 Å². The highest BCUT2D eigenvalue weighted by molar-refractivity contribution is 6.43. The van der Waals surface area contributed by atoms with Crippen LogP contribution >= 0.6 is 23.2 Å². The zero-order valence-corrected chi connectivity index (χ0v) is 13.3. The summed E-state index contributed by atoms with van der Waals surface area (Å²) in [5, 5.41) is 3.68. The van der Waals surface area contributed by atoms with E-state index in [0.29, 0.717) is 33.1 Å². The molecule has 2 atom stereocenters. The van der Waals surface area contributed by atoms with Crippen LogP contribution in [-0.2, 0) is 0 Å². The number of amides is 1. The molecule has 2 rings (SSSR count). The van der Waals surface area contributed by atoms with Gasteiger partial charge in [-0.05, 0) is 43.2 Å². The SMILES string of the molecule is CC1CC(C)CC(NC(=O)c2cc(N)c(Cl)c(Cl)c2)C1. The molecular formula is C15H20Cl2N2O. The minimum absolute atomic E-state index is 0.137. The van der Waals surface area contributed by atoms with Gasteiger partial charge in [0.1, 0.15) is 0 Å². The molecule has 5 heteroatoms. The third-order valence-corrected chi connectivity index (χ3v) is 4.65. The van der Waals surface area contributed by atoms with Crippen molar-refractivity contribution in [3.63, 3.8) is 0 Å². The highest BCUT2D eigenvalue weighted by Gasteiger charge is 2.25. The highest BCUT2D eigenvalue weighted by atomic mass is 35.5. The normalized spacial score (nSPS) is 26.3. The van der Waals surface area contributed by atoms with Crippen LogP contribution in [0.25, 0.3) is 0 Å². The summed E-state index contributed by atoms with van der Waals surface area (Å²) in [7, 11) is 0. The van der Waals surface area contributed by atoms with E-state index >= 15 is 0 Å². The Kier molecular flexibility index (Phi) is 4.82. The van der Waals surface area contributed by atoms with E-state index < -0.39 is 0 Å². The zero-order chi connectivity index (χ0) is 14.9. The number of halogens is 2. The maximum atomic E-state index is 12.3. The van der Waals surface area contributed by atoms with Gasteiger partial charge < -0.3 is 11.1 Å². The van der Waals surface area contributed by atoms with Gasteiger partial charge in [-0.25, -0.2) is 0 Å². The number of hydrogen-bond donors (Lipinski definition) is 2. The molecule has 110 valence electrons. The van der Waals surface area contributed by atoms with Crippen molar-refractivity contribution < 1.29 is 4.79 Å². The highest BCUT2D eigenvalue weighted by Crippen LogP contribution is 2.31. The molecule has 1 aromatic rings. The van der Waals surface area contributed by atoms with Gasteiger partial charge in [0.05, 0.1) is 15.7 Å². The van der Waals surface area contributed by atoms with Crippen LogP contribution in [0.4, 0.5) is 5.69 Å². The molecule has 3 nitrogen and oxygen atoms in total. The molecule has 2 unspecified atom stereocenters. The predicted octanol–water partition coefficient (Wildman–Crippen LogP) is 4.13. The van der Waals surface area contributed by atoms with Crippen molar-refractivity contribution in [1.82, 2.24) is 5.32 Å². The second-order valence-electron chi connectivity index (χ2n) is 5.95. The van der Waals surface area contributed by atoms with Crippen molar-refractivity contribution in [2.45, 2.75) is 39.2 Å². The first-order valence-corrected chi connectivity index (χ1v) is 7.67. The van der Waals surface area contributed by atoms with Crippen LogP contribution in [0.5, 0.6) is 0 Å². The fourth-order valence-corrected chi connectivity index (χ4v) is 3.41. The summed E-state index contributed by atoms with van der Waals surface area (Å²) in [4.78, 5) is 12.3. The molecular weight excluding hydrogens is 295 g/mol. The summed E-state index contributed by atoms with van der Waals surface area (Å²) in [6, 6.07) is 3.35. The Morgan fingerprint density at radius 3 is 2.35 bits per heavy atom. The van der Waals surface area contributed by atoms with Crippen LogP contribution in [0, 0.1) is 11.8 Å². The van der Waals surface area contributed by atoms with Gasteiger partial charge in [-0.1, -0.05) is 37.0 Å². The molecule has 1 aliphatic carbocycles. The first-order chi connectivity index (χ1) is 9.36. The van der Waals surface area contributed by atoms with E-state index in [1.807, 2.05) is 0 Å². The van der Waals surface area contributed by atoms with Gasteiger partial charge in [0.15, 0.2) is 0 Å². The number of nitrogen functional groups attached to an aromatic ring is 1. The molecule has 0 bridgehead atoms. The quantitative estimate of drug-likeness (QED) is 0.806. The summed E-state index contributed by atoms with van der Waals surface area (Å²) in [5.41, 5.74) is 6.53. The second-order valence-corrected chi connectivity index (χ2v) is 6.73. The standard InChI is InChI=1S/C15H20Cl2N2O/c1-8-3-9(2)5-11(4-8)19-15(20)10-6-12(16)14(17)13(18)7-10/h6-9,11H,3-5,18H2,1-2H3,(H,19,20). The average Bonchev–Trinajstić information content (AvgIpc) is 2.33. The molecule has 1 aliphatic rings. The number of anilines is 1. The van der Waals surface area contributed by atoms with Gasteiger partial charge in [-0.3, -0.25) is 4.79 Å². The Labute approximate surface area is 129 Å². The monoisotopic (exact) mass is 314 g/mol. The number of benzene rings is 1. The molecule has 0 heterocycles. The predicted molar refractivity (Wildman–Crippen MR) is 84.3 cm³/mol. The van der Waals surface area contributed by atoms with Crippen molar-refractivity contribution in [3.8, 4) is 0 Å². The molecule has 0 radical (unpaired) electrons. The fourth-order valence-electron chi connectivity index (χ4n) is 3.07. The molecule has 3 N–H and O–H groups in total. The van der Waals surface area contributed by atoms with Crippen LogP contribution in [0.15, 0.2) is 12.1 Å². The summed E-state index contributed by atoms with van der Waals surface area (Å²) in [5.74, 6) is 1.15.